The highest BCUT2D eigenvalue weighted by Gasteiger charge is 2.18. The van der Waals surface area contributed by atoms with Gasteiger partial charge in [-0.3, -0.25) is 0 Å². The van der Waals surface area contributed by atoms with E-state index in [9.17, 15) is 13.5 Å². The van der Waals surface area contributed by atoms with E-state index in [2.05, 4.69) is 5.32 Å². The average molecular weight is 331 g/mol. The van der Waals surface area contributed by atoms with Crippen molar-refractivity contribution in [1.82, 2.24) is 3.97 Å². The highest BCUT2D eigenvalue weighted by atomic mass is 32.2. The lowest BCUT2D eigenvalue weighted by Crippen LogP contribution is -2.14. The number of nitrogens with one attached hydrogen (secondary N) is 1. The van der Waals surface area contributed by atoms with Crippen LogP contribution in [0.15, 0.2) is 59.6 Å². The number of nitrogens with zero attached hydrogens (tertiary/aromatic N) is 1. The first-order chi connectivity index (χ1) is 11.0. The molecule has 0 radical (unpaired) electrons. The topological polar surface area (TPSA) is 97.4 Å². The first-order valence-corrected chi connectivity index (χ1v) is 8.56. The number of hydrogen-bond donors (Lipinski definition) is 3. The van der Waals surface area contributed by atoms with Crippen molar-refractivity contribution in [3.05, 3.63) is 54.7 Å². The summed E-state index contributed by atoms with van der Waals surface area (Å²) in [5.41, 5.74) is 6.76. The first kappa shape index (κ1) is 15.4. The monoisotopic (exact) mass is 331 g/mol. The van der Waals surface area contributed by atoms with Crippen LogP contribution in [0.25, 0.3) is 10.9 Å². The molecule has 0 amide bonds. The fourth-order valence-corrected chi connectivity index (χ4v) is 3.74. The molecule has 23 heavy (non-hydrogen) atoms. The Morgan fingerprint density at radius 1 is 1.09 bits per heavy atom. The van der Waals surface area contributed by atoms with Crippen LogP contribution in [0.3, 0.4) is 0 Å². The number of aromatic nitrogens is 1. The van der Waals surface area contributed by atoms with Crippen molar-refractivity contribution in [2.24, 2.45) is 5.73 Å². The summed E-state index contributed by atoms with van der Waals surface area (Å²) in [5.74, 6) is 0.1000. The van der Waals surface area contributed by atoms with Crippen molar-refractivity contribution in [2.75, 3.05) is 18.4 Å². The molecule has 0 saturated carbocycles. The molecule has 1 aromatic heterocycles. The summed E-state index contributed by atoms with van der Waals surface area (Å²) in [6.45, 7) is 1.13. The summed E-state index contributed by atoms with van der Waals surface area (Å²) in [5, 5.41) is 13.2. The van der Waals surface area contributed by atoms with E-state index in [1.807, 2.05) is 0 Å². The Morgan fingerprint density at radius 3 is 2.52 bits per heavy atom. The highest BCUT2D eigenvalue weighted by molar-refractivity contribution is 7.90. The third-order valence-corrected chi connectivity index (χ3v) is 5.23. The third-order valence-electron chi connectivity index (χ3n) is 3.52. The number of rotatable bonds is 5. The second-order valence-electron chi connectivity index (χ2n) is 5.10. The molecule has 6 nitrogen and oxygen atoms in total. The summed E-state index contributed by atoms with van der Waals surface area (Å²) in [4.78, 5) is 0.196. The van der Waals surface area contributed by atoms with Gasteiger partial charge in [0.25, 0.3) is 10.0 Å². The number of benzene rings is 2. The summed E-state index contributed by atoms with van der Waals surface area (Å²) < 4.78 is 26.8. The SMILES string of the molecule is NCCNc1ccc(S(=O)(=O)n2ccc3cc(O)ccc32)cc1. The molecule has 0 fully saturated rings. The smallest absolute Gasteiger partial charge is 0.268 e. The van der Waals surface area contributed by atoms with Crippen molar-refractivity contribution in [1.29, 1.82) is 0 Å². The fourth-order valence-electron chi connectivity index (χ4n) is 2.39. The van der Waals surface area contributed by atoms with Gasteiger partial charge in [0.15, 0.2) is 0 Å². The Kier molecular flexibility index (Phi) is 3.97. The highest BCUT2D eigenvalue weighted by Crippen LogP contribution is 2.25. The molecule has 3 rings (SSSR count). The summed E-state index contributed by atoms with van der Waals surface area (Å²) in [6, 6.07) is 12.8. The van der Waals surface area contributed by atoms with Gasteiger partial charge in [0.1, 0.15) is 5.75 Å². The average Bonchev–Trinajstić information content (AvgIpc) is 2.97. The van der Waals surface area contributed by atoms with Gasteiger partial charge in [-0.1, -0.05) is 0 Å². The molecule has 4 N–H and O–H groups in total. The number of aromatic hydroxyl groups is 1. The van der Waals surface area contributed by atoms with E-state index in [-0.39, 0.29) is 10.6 Å². The van der Waals surface area contributed by atoms with Crippen molar-refractivity contribution >= 4 is 26.6 Å². The van der Waals surface area contributed by atoms with Gasteiger partial charge in [0.05, 0.1) is 10.4 Å². The molecule has 2 aromatic carbocycles. The molecule has 7 heteroatoms. The van der Waals surface area contributed by atoms with Crippen LogP contribution in [-0.2, 0) is 10.0 Å². The van der Waals surface area contributed by atoms with Gasteiger partial charge in [0.2, 0.25) is 0 Å². The number of phenolic OH excluding ortho intramolecular Hbond substituents is 1. The van der Waals surface area contributed by atoms with Crippen LogP contribution in [0.2, 0.25) is 0 Å². The summed E-state index contributed by atoms with van der Waals surface area (Å²) >= 11 is 0. The van der Waals surface area contributed by atoms with Gasteiger partial charge in [-0.25, -0.2) is 12.4 Å². The largest absolute Gasteiger partial charge is 0.508 e. The Balaban J connectivity index is 2.00. The van der Waals surface area contributed by atoms with Crippen LogP contribution >= 0.6 is 0 Å². The van der Waals surface area contributed by atoms with Gasteiger partial charge < -0.3 is 16.2 Å². The van der Waals surface area contributed by atoms with E-state index in [0.29, 0.717) is 24.0 Å². The van der Waals surface area contributed by atoms with Crippen LogP contribution in [0.5, 0.6) is 5.75 Å². The lowest BCUT2D eigenvalue weighted by molar-refractivity contribution is 0.476. The molecule has 0 spiro atoms. The van der Waals surface area contributed by atoms with Crippen LogP contribution in [-0.4, -0.2) is 30.6 Å². The van der Waals surface area contributed by atoms with Crippen LogP contribution in [0.1, 0.15) is 0 Å². The molecule has 0 aliphatic heterocycles. The number of nitrogens with two attached hydrogens (primary N) is 1. The molecule has 0 bridgehead atoms. The minimum Gasteiger partial charge on any atom is -0.508 e. The molecule has 3 aromatic rings. The lowest BCUT2D eigenvalue weighted by Gasteiger charge is -2.09. The molecule has 120 valence electrons. The minimum atomic E-state index is -3.69. The fraction of sp³-hybridized carbons (Fsp3) is 0.125. The van der Waals surface area contributed by atoms with Gasteiger partial charge in [-0.15, -0.1) is 0 Å². The molecule has 0 atom stereocenters. The molecule has 1 heterocycles. The van der Waals surface area contributed by atoms with E-state index < -0.39 is 10.0 Å². The number of anilines is 1. The zero-order valence-electron chi connectivity index (χ0n) is 12.3. The van der Waals surface area contributed by atoms with E-state index in [1.54, 1.807) is 36.4 Å². The standard InChI is InChI=1S/C16H17N3O3S/c17-8-9-18-13-1-4-15(5-2-13)23(21,22)19-10-7-12-11-14(20)3-6-16(12)19/h1-7,10-11,18,20H,8-9,17H2. The van der Waals surface area contributed by atoms with E-state index in [1.165, 1.54) is 22.3 Å². The molecular formula is C16H17N3O3S. The maximum Gasteiger partial charge on any atom is 0.268 e. The maximum absolute atomic E-state index is 12.8. The van der Waals surface area contributed by atoms with Crippen molar-refractivity contribution in [3.8, 4) is 5.75 Å². The van der Waals surface area contributed by atoms with Gasteiger partial charge in [-0.2, -0.15) is 0 Å². The Morgan fingerprint density at radius 2 is 1.83 bits per heavy atom. The molecule has 0 aliphatic rings. The van der Waals surface area contributed by atoms with Crippen molar-refractivity contribution in [2.45, 2.75) is 4.90 Å². The predicted molar refractivity (Wildman–Crippen MR) is 90.2 cm³/mol. The Hall–Kier alpha value is -2.51. The second kappa shape index (κ2) is 5.94. The minimum absolute atomic E-state index is 0.1000. The molecule has 0 saturated heterocycles. The van der Waals surface area contributed by atoms with Gasteiger partial charge in [-0.05, 0) is 48.5 Å². The Labute approximate surface area is 134 Å². The Bertz CT molecular complexity index is 931. The normalized spacial score (nSPS) is 11.7. The van der Waals surface area contributed by atoms with Crippen molar-refractivity contribution in [3.63, 3.8) is 0 Å². The van der Waals surface area contributed by atoms with Crippen LogP contribution in [0.4, 0.5) is 5.69 Å². The van der Waals surface area contributed by atoms with Gasteiger partial charge in [0, 0.05) is 30.4 Å². The van der Waals surface area contributed by atoms with E-state index >= 15 is 0 Å². The predicted octanol–water partition coefficient (Wildman–Crippen LogP) is 1.95. The van der Waals surface area contributed by atoms with Crippen molar-refractivity contribution < 1.29 is 13.5 Å². The zero-order chi connectivity index (χ0) is 16.4. The second-order valence-corrected chi connectivity index (χ2v) is 6.91. The van der Waals surface area contributed by atoms with Crippen LogP contribution in [0, 0.1) is 0 Å². The third kappa shape index (κ3) is 2.88. The summed E-state index contributed by atoms with van der Waals surface area (Å²) in [7, 11) is -3.69. The van der Waals surface area contributed by atoms with Crippen LogP contribution < -0.4 is 11.1 Å². The maximum atomic E-state index is 12.8. The van der Waals surface area contributed by atoms with E-state index in [4.69, 9.17) is 5.73 Å². The number of hydrogen-bond acceptors (Lipinski definition) is 5. The quantitative estimate of drug-likeness (QED) is 0.664. The molecular weight excluding hydrogens is 314 g/mol. The summed E-state index contributed by atoms with van der Waals surface area (Å²) in [6.07, 6.45) is 1.49. The number of phenols is 1. The zero-order valence-corrected chi connectivity index (χ0v) is 13.1. The first-order valence-electron chi connectivity index (χ1n) is 7.12. The molecule has 0 unspecified atom stereocenters. The lowest BCUT2D eigenvalue weighted by atomic mass is 10.2. The van der Waals surface area contributed by atoms with Gasteiger partial charge >= 0.3 is 0 Å². The van der Waals surface area contributed by atoms with E-state index in [0.717, 1.165) is 5.69 Å². The molecule has 0 aliphatic carbocycles. The number of fused-ring (bicyclic) bond motifs is 1.